The lowest BCUT2D eigenvalue weighted by Crippen LogP contribution is -2.71. The highest BCUT2D eigenvalue weighted by atomic mass is 32.1. The first-order valence-corrected chi connectivity index (χ1v) is 15.5. The van der Waals surface area contributed by atoms with E-state index in [2.05, 4.69) is 36.3 Å². The molecule has 0 saturated carbocycles. The van der Waals surface area contributed by atoms with Gasteiger partial charge in [-0.1, -0.05) is 0 Å². The van der Waals surface area contributed by atoms with Crippen LogP contribution in [0.5, 0.6) is 0 Å². The number of hydrogen-bond acceptors (Lipinski definition) is 8. The van der Waals surface area contributed by atoms with Crippen molar-refractivity contribution < 1.29 is 152 Å². The first-order valence-electron chi connectivity index (χ1n) is 14.9. The largest absolute Gasteiger partial charge is 0.435 e. The van der Waals surface area contributed by atoms with E-state index in [0.29, 0.717) is 0 Å². The van der Waals surface area contributed by atoms with Crippen molar-refractivity contribution in [1.82, 2.24) is 0 Å². The Labute approximate surface area is 321 Å². The first kappa shape index (κ1) is 58.2. The van der Waals surface area contributed by atoms with E-state index in [1.54, 1.807) is 0 Å². The summed E-state index contributed by atoms with van der Waals surface area (Å²) in [5.74, 6) is 0.254. The van der Waals surface area contributed by atoms with E-state index >= 15 is 0 Å². The number of hydrogen-bond donors (Lipinski definition) is 1. The van der Waals surface area contributed by atoms with Crippen LogP contribution in [0.1, 0.15) is 0 Å². The third-order valence-electron chi connectivity index (χ3n) is 7.14. The molecule has 0 bridgehead atoms. The normalized spacial score (nSPS) is 15.6. The predicted molar refractivity (Wildman–Crippen MR) is 140 cm³/mol. The second-order valence-electron chi connectivity index (χ2n) is 11.5. The second-order valence-corrected chi connectivity index (χ2v) is 11.9. The molecule has 0 aliphatic rings. The molecule has 0 spiro atoms. The summed E-state index contributed by atoms with van der Waals surface area (Å²) in [4.78, 5) is 0. The van der Waals surface area contributed by atoms with Gasteiger partial charge in [0.2, 0.25) is 0 Å². The van der Waals surface area contributed by atoms with Gasteiger partial charge in [0.25, 0.3) is 0 Å². The van der Waals surface area contributed by atoms with Crippen LogP contribution in [0.2, 0.25) is 0 Å². The van der Waals surface area contributed by atoms with Gasteiger partial charge in [-0.25, -0.2) is 0 Å². The van der Waals surface area contributed by atoms with Gasteiger partial charge < -0.3 is 33.2 Å². The molecule has 0 aromatic heterocycles. The molecular formula is C25H25F27O7S. The molecule has 0 atom stereocenters. The Bertz CT molecular complexity index is 1040. The fourth-order valence-electron chi connectivity index (χ4n) is 4.23. The average Bonchev–Trinajstić information content (AvgIpc) is 2.96. The van der Waals surface area contributed by atoms with Crippen molar-refractivity contribution in [3.8, 4) is 0 Å². The van der Waals surface area contributed by atoms with Crippen LogP contribution in [-0.2, 0) is 33.2 Å². The fraction of sp³-hybridized carbons (Fsp3) is 1.00. The summed E-state index contributed by atoms with van der Waals surface area (Å²) >= 11 is 3.79. The quantitative estimate of drug-likeness (QED) is 0.0660. The number of halogens is 27. The smallest absolute Gasteiger partial charge is 0.378 e. The van der Waals surface area contributed by atoms with Gasteiger partial charge in [0.15, 0.2) is 0 Å². The van der Waals surface area contributed by atoms with Crippen molar-refractivity contribution in [2.45, 2.75) is 72.4 Å². The van der Waals surface area contributed by atoms with E-state index in [4.69, 9.17) is 9.47 Å². The van der Waals surface area contributed by atoms with E-state index in [1.807, 2.05) is 0 Å². The molecule has 0 aliphatic carbocycles. The molecule has 0 saturated heterocycles. The van der Waals surface area contributed by atoms with E-state index in [1.165, 1.54) is 0 Å². The molecule has 0 heterocycles. The summed E-state index contributed by atoms with van der Waals surface area (Å²) in [5.41, 5.74) is -28.9. The number of rotatable bonds is 22. The molecule has 0 aromatic carbocycles. The molecule has 7 nitrogen and oxygen atoms in total. The Balaban J connectivity index is 7.83. The van der Waals surface area contributed by atoms with Gasteiger partial charge in [0.05, 0.1) is 78.1 Å². The van der Waals surface area contributed by atoms with Gasteiger partial charge in [0.1, 0.15) is 0 Å². The van der Waals surface area contributed by atoms with Crippen LogP contribution in [0.25, 0.3) is 0 Å². The van der Waals surface area contributed by atoms with Gasteiger partial charge in [-0.15, -0.1) is 0 Å². The van der Waals surface area contributed by atoms with Crippen LogP contribution in [0, 0.1) is 5.41 Å². The number of alkyl halides is 27. The molecule has 0 aliphatic heterocycles. The molecule has 0 fully saturated rings. The lowest BCUT2D eigenvalue weighted by molar-refractivity contribution is -0.474. The van der Waals surface area contributed by atoms with Gasteiger partial charge >= 0.3 is 72.4 Å². The van der Waals surface area contributed by atoms with Crippen LogP contribution in [-0.4, -0.2) is 151 Å². The van der Waals surface area contributed by atoms with Crippen LogP contribution in [0.4, 0.5) is 119 Å². The minimum Gasteiger partial charge on any atom is -0.378 e. The fourth-order valence-corrected chi connectivity index (χ4v) is 4.36. The third-order valence-corrected chi connectivity index (χ3v) is 7.32. The number of ether oxygens (including phenoxy) is 7. The lowest BCUT2D eigenvalue weighted by Gasteiger charge is -2.45. The lowest BCUT2D eigenvalue weighted by atomic mass is 9.89. The topological polar surface area (TPSA) is 64.6 Å². The van der Waals surface area contributed by atoms with Crippen LogP contribution in [0.3, 0.4) is 0 Å². The van der Waals surface area contributed by atoms with Gasteiger partial charge in [-0.2, -0.15) is 131 Å². The van der Waals surface area contributed by atoms with Crippen LogP contribution >= 0.6 is 12.6 Å². The van der Waals surface area contributed by atoms with Crippen molar-refractivity contribution in [3.63, 3.8) is 0 Å². The van der Waals surface area contributed by atoms with Crippen LogP contribution < -0.4 is 0 Å². The highest BCUT2D eigenvalue weighted by Crippen LogP contribution is 2.59. The summed E-state index contributed by atoms with van der Waals surface area (Å²) in [5, 5.41) is 0. The summed E-state index contributed by atoms with van der Waals surface area (Å²) in [7, 11) is 0. The summed E-state index contributed by atoms with van der Waals surface area (Å²) in [6, 6.07) is 0. The van der Waals surface area contributed by atoms with E-state index in [0.717, 1.165) is 0 Å². The minimum atomic E-state index is -8.05. The average molecular weight is 982 g/mol. The zero-order valence-electron chi connectivity index (χ0n) is 28.5. The summed E-state index contributed by atoms with van der Waals surface area (Å²) in [6.07, 6.45) is -72.4. The Morgan fingerprint density at radius 2 is 0.433 bits per heavy atom. The Kier molecular flexibility index (Phi) is 19.3. The van der Waals surface area contributed by atoms with E-state index < -0.39 is 131 Å². The van der Waals surface area contributed by atoms with E-state index in [-0.39, 0.29) is 25.6 Å². The molecule has 0 unspecified atom stereocenters. The minimum absolute atomic E-state index is 0.0765. The maximum Gasteiger partial charge on any atom is 0.435 e. The SMILES string of the molecule is FC(F)(F)C(OCC(COCCOCCOCCOCCS)(COC(C(F)(F)F)(C(F)(F)F)C(F)(F)F)COC(C(F)(F)F)(C(F)(F)F)C(F)(F)F)(C(F)(F)F)C(F)(F)F. The van der Waals surface area contributed by atoms with Crippen LogP contribution in [0.15, 0.2) is 0 Å². The Morgan fingerprint density at radius 1 is 0.250 bits per heavy atom. The number of thiol groups is 1. The molecule has 362 valence electrons. The molecule has 0 amide bonds. The van der Waals surface area contributed by atoms with Crippen molar-refractivity contribution in [2.75, 3.05) is 78.4 Å². The zero-order valence-corrected chi connectivity index (χ0v) is 29.4. The van der Waals surface area contributed by atoms with E-state index in [9.17, 15) is 119 Å². The second kappa shape index (κ2) is 19.9. The molecule has 60 heavy (non-hydrogen) atoms. The standard InChI is InChI=1S/C25H25F27O7S/c26-17(27,28)14(18(29,30)31,19(32,33)34)57-10-13(9-56-6-5-54-2-1-53-3-4-55-7-8-60,11-58-15(20(35,36)37,21(38,39)40)22(41,42)43)12-59-16(23(44,45)46,24(47,48)49)25(50,51)52/h60H,1-12H2. The third kappa shape index (κ3) is 12.9. The molecule has 35 heteroatoms. The predicted octanol–water partition coefficient (Wildman–Crippen LogP) is 9.30. The first-order chi connectivity index (χ1) is 26.4. The molecule has 0 aromatic rings. The Hall–Kier alpha value is -1.82. The highest BCUT2D eigenvalue weighted by Gasteiger charge is 2.88. The maximum absolute atomic E-state index is 13.6. The van der Waals surface area contributed by atoms with Gasteiger partial charge in [0, 0.05) is 5.75 Å². The van der Waals surface area contributed by atoms with Gasteiger partial charge in [-0.05, 0) is 0 Å². The summed E-state index contributed by atoms with van der Waals surface area (Å²) in [6.45, 7) is -18.9. The van der Waals surface area contributed by atoms with Crippen molar-refractivity contribution in [1.29, 1.82) is 0 Å². The highest BCUT2D eigenvalue weighted by molar-refractivity contribution is 7.80. The molecule has 0 N–H and O–H groups in total. The van der Waals surface area contributed by atoms with Crippen molar-refractivity contribution in [2.24, 2.45) is 5.41 Å². The molecule has 0 rings (SSSR count). The maximum atomic E-state index is 13.6. The monoisotopic (exact) mass is 982 g/mol. The van der Waals surface area contributed by atoms with Crippen molar-refractivity contribution in [3.05, 3.63) is 0 Å². The molecular weight excluding hydrogens is 957 g/mol. The van der Waals surface area contributed by atoms with Gasteiger partial charge in [-0.3, -0.25) is 0 Å². The summed E-state index contributed by atoms with van der Waals surface area (Å²) < 4.78 is 394. The zero-order chi connectivity index (χ0) is 47.9. The molecule has 0 radical (unpaired) electrons. The Morgan fingerprint density at radius 3 is 0.617 bits per heavy atom. The van der Waals surface area contributed by atoms with Crippen molar-refractivity contribution >= 4 is 12.6 Å².